The molecule has 0 atom stereocenters. The minimum absolute atomic E-state index is 0.116. The first kappa shape index (κ1) is 17.9. The van der Waals surface area contributed by atoms with E-state index >= 15 is 0 Å². The molecule has 0 radical (unpaired) electrons. The zero-order valence-electron chi connectivity index (χ0n) is 15.7. The van der Waals surface area contributed by atoms with E-state index in [9.17, 15) is 4.79 Å². The molecular weight excluding hydrogens is 362 g/mol. The number of carbonyl (C=O) groups is 1. The van der Waals surface area contributed by atoms with Crippen LogP contribution in [0.4, 0.5) is 11.8 Å². The second-order valence-corrected chi connectivity index (χ2v) is 6.36. The number of benzene rings is 1. The zero-order chi connectivity index (χ0) is 19.7. The largest absolute Gasteiger partial charge is 0.493 e. The monoisotopic (exact) mass is 383 g/mol. The Morgan fingerprint density at radius 3 is 2.54 bits per heavy atom. The molecule has 2 N–H and O–H groups in total. The van der Waals surface area contributed by atoms with E-state index in [1.54, 1.807) is 37.3 Å². The molecule has 2 aromatic heterocycles. The van der Waals surface area contributed by atoms with E-state index in [-0.39, 0.29) is 5.91 Å². The first-order valence-electron chi connectivity index (χ1n) is 8.88. The summed E-state index contributed by atoms with van der Waals surface area (Å²) in [5, 5.41) is 0.702. The number of nitrogens with zero attached hydrogens (tertiary/aromatic N) is 4. The van der Waals surface area contributed by atoms with Gasteiger partial charge in [0, 0.05) is 31.6 Å². The number of methoxy groups -OCH3 is 2. The zero-order valence-corrected chi connectivity index (χ0v) is 15.7. The van der Waals surface area contributed by atoms with E-state index in [1.807, 2.05) is 11.0 Å². The maximum absolute atomic E-state index is 12.4. The Kier molecular flexibility index (Phi) is 4.64. The lowest BCUT2D eigenvalue weighted by Gasteiger charge is -2.34. The standard InChI is InChI=1S/C19H21N5O4/c1-26-13-6-5-12-15(16(13)27-2)21-19(22-17(12)20)24-9-7-23(8-10-24)18(25)14-4-3-11-28-14/h3-6,11H,7-10H2,1-2H3,(H2,20,21,22). The van der Waals surface area contributed by atoms with E-state index < -0.39 is 0 Å². The molecule has 28 heavy (non-hydrogen) atoms. The highest BCUT2D eigenvalue weighted by Gasteiger charge is 2.26. The lowest BCUT2D eigenvalue weighted by atomic mass is 10.2. The minimum Gasteiger partial charge on any atom is -0.493 e. The quantitative estimate of drug-likeness (QED) is 0.727. The van der Waals surface area contributed by atoms with E-state index in [2.05, 4.69) is 9.97 Å². The van der Waals surface area contributed by atoms with Crippen LogP contribution in [0.1, 0.15) is 10.6 Å². The van der Waals surface area contributed by atoms with Gasteiger partial charge in [-0.15, -0.1) is 0 Å². The molecule has 1 amide bonds. The van der Waals surface area contributed by atoms with Crippen LogP contribution in [0.3, 0.4) is 0 Å². The molecular formula is C19H21N5O4. The molecule has 9 nitrogen and oxygen atoms in total. The van der Waals surface area contributed by atoms with Gasteiger partial charge in [-0.1, -0.05) is 0 Å². The number of hydrogen-bond donors (Lipinski definition) is 1. The van der Waals surface area contributed by atoms with Gasteiger partial charge in [0.15, 0.2) is 17.3 Å². The molecule has 1 aliphatic rings. The van der Waals surface area contributed by atoms with Crippen LogP contribution in [0.15, 0.2) is 34.9 Å². The van der Waals surface area contributed by atoms with Crippen molar-refractivity contribution in [3.8, 4) is 11.5 Å². The first-order valence-corrected chi connectivity index (χ1v) is 8.88. The third kappa shape index (κ3) is 3.04. The van der Waals surface area contributed by atoms with Crippen molar-refractivity contribution in [3.05, 3.63) is 36.3 Å². The SMILES string of the molecule is COc1ccc2c(N)nc(N3CCN(C(=O)c4ccco4)CC3)nc2c1OC. The fraction of sp³-hybridized carbons (Fsp3) is 0.316. The number of nitrogens with two attached hydrogens (primary N) is 1. The summed E-state index contributed by atoms with van der Waals surface area (Å²) in [5.41, 5.74) is 6.76. The van der Waals surface area contributed by atoms with Crippen LogP contribution in [-0.2, 0) is 0 Å². The molecule has 3 heterocycles. The molecule has 0 saturated carbocycles. The van der Waals surface area contributed by atoms with E-state index in [1.165, 1.54) is 6.26 Å². The number of furan rings is 1. The van der Waals surface area contributed by atoms with Crippen molar-refractivity contribution in [2.45, 2.75) is 0 Å². The van der Waals surface area contributed by atoms with E-state index in [0.29, 0.717) is 66.1 Å². The number of carbonyl (C=O) groups excluding carboxylic acids is 1. The Morgan fingerprint density at radius 2 is 1.89 bits per heavy atom. The van der Waals surface area contributed by atoms with Crippen LogP contribution in [0.2, 0.25) is 0 Å². The average molecular weight is 383 g/mol. The topological polar surface area (TPSA) is 107 Å². The van der Waals surface area contributed by atoms with E-state index in [4.69, 9.17) is 19.6 Å². The fourth-order valence-electron chi connectivity index (χ4n) is 3.33. The molecule has 1 saturated heterocycles. The lowest BCUT2D eigenvalue weighted by molar-refractivity contribution is 0.0714. The number of nitrogen functional groups attached to an aromatic ring is 1. The number of ether oxygens (including phenoxy) is 2. The smallest absolute Gasteiger partial charge is 0.289 e. The van der Waals surface area contributed by atoms with Crippen LogP contribution in [-0.4, -0.2) is 61.2 Å². The molecule has 0 aliphatic carbocycles. The van der Waals surface area contributed by atoms with Crippen LogP contribution < -0.4 is 20.1 Å². The van der Waals surface area contributed by atoms with Crippen molar-refractivity contribution in [3.63, 3.8) is 0 Å². The van der Waals surface area contributed by atoms with Crippen molar-refractivity contribution in [1.82, 2.24) is 14.9 Å². The highest BCUT2D eigenvalue weighted by molar-refractivity contribution is 5.95. The Morgan fingerprint density at radius 1 is 1.11 bits per heavy atom. The number of fused-ring (bicyclic) bond motifs is 1. The molecule has 146 valence electrons. The molecule has 9 heteroatoms. The molecule has 0 spiro atoms. The van der Waals surface area contributed by atoms with Crippen molar-refractivity contribution in [2.24, 2.45) is 0 Å². The number of aromatic nitrogens is 2. The van der Waals surface area contributed by atoms with Gasteiger partial charge in [-0.05, 0) is 24.3 Å². The third-order valence-corrected chi connectivity index (χ3v) is 4.81. The summed E-state index contributed by atoms with van der Waals surface area (Å²) in [6.07, 6.45) is 1.50. The summed E-state index contributed by atoms with van der Waals surface area (Å²) in [5.74, 6) is 2.19. The Labute approximate surface area is 161 Å². The van der Waals surface area contributed by atoms with Gasteiger partial charge < -0.3 is 29.4 Å². The van der Waals surface area contributed by atoms with Gasteiger partial charge in [-0.2, -0.15) is 4.98 Å². The van der Waals surface area contributed by atoms with Crippen molar-refractivity contribution in [2.75, 3.05) is 51.0 Å². The highest BCUT2D eigenvalue weighted by Crippen LogP contribution is 2.36. The molecule has 0 unspecified atom stereocenters. The predicted molar refractivity (Wildman–Crippen MR) is 104 cm³/mol. The maximum Gasteiger partial charge on any atom is 0.289 e. The predicted octanol–water partition coefficient (Wildman–Crippen LogP) is 1.78. The molecule has 1 aliphatic heterocycles. The van der Waals surface area contributed by atoms with Crippen LogP contribution in [0.25, 0.3) is 10.9 Å². The Hall–Kier alpha value is -3.49. The molecule has 1 aromatic carbocycles. The normalized spacial score (nSPS) is 14.4. The summed E-state index contributed by atoms with van der Waals surface area (Å²) in [7, 11) is 3.14. The van der Waals surface area contributed by atoms with E-state index in [0.717, 1.165) is 0 Å². The highest BCUT2D eigenvalue weighted by atomic mass is 16.5. The molecule has 1 fully saturated rings. The Balaban J connectivity index is 1.59. The summed E-state index contributed by atoms with van der Waals surface area (Å²) in [6, 6.07) is 6.97. The van der Waals surface area contributed by atoms with Gasteiger partial charge >= 0.3 is 0 Å². The van der Waals surface area contributed by atoms with Crippen LogP contribution >= 0.6 is 0 Å². The lowest BCUT2D eigenvalue weighted by Crippen LogP contribution is -2.49. The summed E-state index contributed by atoms with van der Waals surface area (Å²) in [6.45, 7) is 2.25. The summed E-state index contributed by atoms with van der Waals surface area (Å²) in [4.78, 5) is 25.3. The van der Waals surface area contributed by atoms with Gasteiger partial charge in [0.2, 0.25) is 5.95 Å². The number of rotatable bonds is 4. The molecule has 0 bridgehead atoms. The first-order chi connectivity index (χ1) is 13.6. The molecule has 3 aromatic rings. The van der Waals surface area contributed by atoms with Crippen molar-refractivity contribution >= 4 is 28.6 Å². The summed E-state index contributed by atoms with van der Waals surface area (Å²) < 4.78 is 16.0. The number of anilines is 2. The Bertz CT molecular complexity index is 997. The third-order valence-electron chi connectivity index (χ3n) is 4.81. The summed E-state index contributed by atoms with van der Waals surface area (Å²) >= 11 is 0. The van der Waals surface area contributed by atoms with Gasteiger partial charge in [0.05, 0.1) is 20.5 Å². The van der Waals surface area contributed by atoms with Gasteiger partial charge in [0.1, 0.15) is 11.3 Å². The van der Waals surface area contributed by atoms with Crippen molar-refractivity contribution in [1.29, 1.82) is 0 Å². The minimum atomic E-state index is -0.116. The fourth-order valence-corrected chi connectivity index (χ4v) is 3.33. The van der Waals surface area contributed by atoms with Gasteiger partial charge in [-0.25, -0.2) is 4.98 Å². The maximum atomic E-state index is 12.4. The average Bonchev–Trinajstić information content (AvgIpc) is 3.27. The van der Waals surface area contributed by atoms with Crippen LogP contribution in [0, 0.1) is 0 Å². The van der Waals surface area contributed by atoms with Gasteiger partial charge in [0.25, 0.3) is 5.91 Å². The number of amides is 1. The second kappa shape index (κ2) is 7.26. The molecule has 4 rings (SSSR count). The van der Waals surface area contributed by atoms with Crippen molar-refractivity contribution < 1.29 is 18.7 Å². The van der Waals surface area contributed by atoms with Gasteiger partial charge in [-0.3, -0.25) is 4.79 Å². The van der Waals surface area contributed by atoms with Crippen LogP contribution in [0.5, 0.6) is 11.5 Å². The second-order valence-electron chi connectivity index (χ2n) is 6.36. The number of piperazine rings is 1. The number of hydrogen-bond acceptors (Lipinski definition) is 8.